The van der Waals surface area contributed by atoms with Gasteiger partial charge in [-0.1, -0.05) is 0 Å². The topological polar surface area (TPSA) is 41.6 Å². The molecular weight excluding hydrogens is 272 g/mol. The monoisotopic (exact) mass is 298 g/mol. The summed E-state index contributed by atoms with van der Waals surface area (Å²) in [6.45, 7) is 3.57. The molecule has 0 bridgehead atoms. The molecule has 0 aliphatic carbocycles. The van der Waals surface area contributed by atoms with Crippen LogP contribution in [0.2, 0.25) is 0 Å². The van der Waals surface area contributed by atoms with Crippen LogP contribution in [0.3, 0.4) is 0 Å². The molecule has 114 valence electrons. The average Bonchev–Trinajstić information content (AvgIpc) is 3.18. The van der Waals surface area contributed by atoms with Gasteiger partial charge in [-0.15, -0.1) is 0 Å². The Morgan fingerprint density at radius 1 is 1.20 bits per heavy atom. The summed E-state index contributed by atoms with van der Waals surface area (Å²) >= 11 is 2.00. The van der Waals surface area contributed by atoms with E-state index in [0.717, 1.165) is 39.1 Å². The summed E-state index contributed by atoms with van der Waals surface area (Å²) in [5.74, 6) is 1.93. The fraction of sp³-hybridized carbons (Fsp3) is 0.933. The highest BCUT2D eigenvalue weighted by Crippen LogP contribution is 2.29. The Bertz CT molecular complexity index is 320. The van der Waals surface area contributed by atoms with Gasteiger partial charge in [-0.3, -0.25) is 0 Å². The summed E-state index contributed by atoms with van der Waals surface area (Å²) in [4.78, 5) is 14.1. The number of nitrogens with zero attached hydrogens (tertiary/aromatic N) is 1. The van der Waals surface area contributed by atoms with Gasteiger partial charge in [0.25, 0.3) is 0 Å². The predicted octanol–water partition coefficient (Wildman–Crippen LogP) is 2.48. The molecule has 3 heterocycles. The molecule has 0 radical (unpaired) electrons. The molecule has 4 nitrogen and oxygen atoms in total. The number of carbonyl (C=O) groups is 1. The smallest absolute Gasteiger partial charge is 0.317 e. The highest BCUT2D eigenvalue weighted by Gasteiger charge is 2.31. The molecule has 3 aliphatic heterocycles. The molecule has 3 rings (SSSR count). The van der Waals surface area contributed by atoms with E-state index in [1.54, 1.807) is 0 Å². The third-order valence-electron chi connectivity index (χ3n) is 4.82. The second-order valence-corrected chi connectivity index (χ2v) is 7.61. The number of amides is 2. The van der Waals surface area contributed by atoms with Gasteiger partial charge in [0.15, 0.2) is 0 Å². The van der Waals surface area contributed by atoms with Gasteiger partial charge in [0.1, 0.15) is 0 Å². The number of ether oxygens (including phenoxy) is 1. The van der Waals surface area contributed by atoms with Gasteiger partial charge in [-0.05, 0) is 50.2 Å². The standard InChI is InChI=1S/C15H26N2O2S/c18-15(16-11-13-3-2-10-20-13)17-7-5-12(6-8-17)14-4-1-9-19-14/h12-14H,1-11H2,(H,16,18)/t13-,14-/m0/s1. The van der Waals surface area contributed by atoms with E-state index in [1.165, 1.54) is 31.4 Å². The van der Waals surface area contributed by atoms with E-state index in [0.29, 0.717) is 17.3 Å². The molecule has 0 saturated carbocycles. The van der Waals surface area contributed by atoms with Crippen LogP contribution in [0.25, 0.3) is 0 Å². The second kappa shape index (κ2) is 7.03. The van der Waals surface area contributed by atoms with Crippen LogP contribution in [0.1, 0.15) is 38.5 Å². The average molecular weight is 298 g/mol. The molecule has 20 heavy (non-hydrogen) atoms. The molecule has 3 fully saturated rings. The first-order valence-electron chi connectivity index (χ1n) is 8.09. The fourth-order valence-electron chi connectivity index (χ4n) is 3.57. The minimum Gasteiger partial charge on any atom is -0.378 e. The van der Waals surface area contributed by atoms with Crippen molar-refractivity contribution in [1.82, 2.24) is 10.2 Å². The number of hydrogen-bond donors (Lipinski definition) is 1. The lowest BCUT2D eigenvalue weighted by molar-refractivity contribution is 0.0372. The first-order valence-corrected chi connectivity index (χ1v) is 9.14. The predicted molar refractivity (Wildman–Crippen MR) is 82.1 cm³/mol. The number of nitrogens with one attached hydrogen (secondary N) is 1. The Morgan fingerprint density at radius 2 is 2.05 bits per heavy atom. The fourth-order valence-corrected chi connectivity index (χ4v) is 4.77. The summed E-state index contributed by atoms with van der Waals surface area (Å²) in [5, 5.41) is 3.76. The summed E-state index contributed by atoms with van der Waals surface area (Å²) < 4.78 is 5.78. The third kappa shape index (κ3) is 3.61. The molecule has 3 saturated heterocycles. The normalized spacial score (nSPS) is 31.7. The Hall–Kier alpha value is -0.420. The van der Waals surface area contributed by atoms with Crippen molar-refractivity contribution in [3.05, 3.63) is 0 Å². The van der Waals surface area contributed by atoms with Crippen LogP contribution in [-0.4, -0.2) is 54.3 Å². The van der Waals surface area contributed by atoms with Crippen molar-refractivity contribution in [1.29, 1.82) is 0 Å². The van der Waals surface area contributed by atoms with Crippen LogP contribution in [0, 0.1) is 5.92 Å². The number of urea groups is 1. The third-order valence-corrected chi connectivity index (χ3v) is 6.22. The Morgan fingerprint density at radius 3 is 2.70 bits per heavy atom. The van der Waals surface area contributed by atoms with Gasteiger partial charge < -0.3 is 15.0 Å². The van der Waals surface area contributed by atoms with Crippen LogP contribution < -0.4 is 5.32 Å². The number of piperidine rings is 1. The SMILES string of the molecule is O=C(NC[C@@H]1CCCS1)N1CCC([C@@H]2CCCO2)CC1. The van der Waals surface area contributed by atoms with Crippen LogP contribution in [0.5, 0.6) is 0 Å². The molecular formula is C15H26N2O2S. The van der Waals surface area contributed by atoms with E-state index in [9.17, 15) is 4.79 Å². The molecule has 3 aliphatic rings. The molecule has 0 aromatic heterocycles. The van der Waals surface area contributed by atoms with Crippen molar-refractivity contribution in [3.63, 3.8) is 0 Å². The van der Waals surface area contributed by atoms with Gasteiger partial charge in [-0.2, -0.15) is 11.8 Å². The van der Waals surface area contributed by atoms with Crippen LogP contribution in [0.4, 0.5) is 4.79 Å². The first-order chi connectivity index (χ1) is 9.83. The highest BCUT2D eigenvalue weighted by molar-refractivity contribution is 8.00. The van der Waals surface area contributed by atoms with Crippen molar-refractivity contribution in [2.75, 3.05) is 32.0 Å². The van der Waals surface area contributed by atoms with Gasteiger partial charge in [-0.25, -0.2) is 4.79 Å². The van der Waals surface area contributed by atoms with Crippen LogP contribution in [0.15, 0.2) is 0 Å². The molecule has 0 spiro atoms. The van der Waals surface area contributed by atoms with Gasteiger partial charge in [0.05, 0.1) is 6.10 Å². The number of likely N-dealkylation sites (tertiary alicyclic amines) is 1. The molecule has 5 heteroatoms. The Labute approximate surface area is 126 Å². The minimum atomic E-state index is 0.142. The molecule has 2 amide bonds. The van der Waals surface area contributed by atoms with E-state index in [4.69, 9.17) is 4.74 Å². The maximum Gasteiger partial charge on any atom is 0.317 e. The van der Waals surface area contributed by atoms with Crippen molar-refractivity contribution in [2.24, 2.45) is 5.92 Å². The van der Waals surface area contributed by atoms with Gasteiger partial charge in [0.2, 0.25) is 0 Å². The quantitative estimate of drug-likeness (QED) is 0.870. The largest absolute Gasteiger partial charge is 0.378 e. The van der Waals surface area contributed by atoms with E-state index in [1.807, 2.05) is 16.7 Å². The van der Waals surface area contributed by atoms with E-state index in [2.05, 4.69) is 5.32 Å². The highest BCUT2D eigenvalue weighted by atomic mass is 32.2. The molecule has 0 aromatic carbocycles. The minimum absolute atomic E-state index is 0.142. The zero-order valence-corrected chi connectivity index (χ0v) is 13.0. The number of hydrogen-bond acceptors (Lipinski definition) is 3. The lowest BCUT2D eigenvalue weighted by Crippen LogP contribution is -2.47. The summed E-state index contributed by atoms with van der Waals surface area (Å²) in [5.41, 5.74) is 0. The van der Waals surface area contributed by atoms with Crippen molar-refractivity contribution >= 4 is 17.8 Å². The zero-order valence-electron chi connectivity index (χ0n) is 12.2. The number of carbonyl (C=O) groups excluding carboxylic acids is 1. The van der Waals surface area contributed by atoms with E-state index < -0.39 is 0 Å². The molecule has 1 N–H and O–H groups in total. The lowest BCUT2D eigenvalue weighted by Gasteiger charge is -2.34. The first kappa shape index (κ1) is 14.5. The van der Waals surface area contributed by atoms with E-state index in [-0.39, 0.29) is 6.03 Å². The number of thioether (sulfide) groups is 1. The lowest BCUT2D eigenvalue weighted by atomic mass is 9.90. The molecule has 0 aromatic rings. The maximum atomic E-state index is 12.2. The second-order valence-electron chi connectivity index (χ2n) is 6.20. The van der Waals surface area contributed by atoms with E-state index >= 15 is 0 Å². The molecule has 2 atom stereocenters. The maximum absolute atomic E-state index is 12.2. The summed E-state index contributed by atoms with van der Waals surface area (Å²) in [6, 6.07) is 0.142. The van der Waals surface area contributed by atoms with Crippen LogP contribution >= 0.6 is 11.8 Å². The van der Waals surface area contributed by atoms with Crippen molar-refractivity contribution in [2.45, 2.75) is 49.9 Å². The van der Waals surface area contributed by atoms with Crippen LogP contribution in [-0.2, 0) is 4.74 Å². The Balaban J connectivity index is 1.37. The Kier molecular flexibility index (Phi) is 5.10. The van der Waals surface area contributed by atoms with Gasteiger partial charge >= 0.3 is 6.03 Å². The van der Waals surface area contributed by atoms with Crippen molar-refractivity contribution < 1.29 is 9.53 Å². The van der Waals surface area contributed by atoms with Crippen molar-refractivity contribution in [3.8, 4) is 0 Å². The number of rotatable bonds is 3. The molecule has 0 unspecified atom stereocenters. The summed E-state index contributed by atoms with van der Waals surface area (Å²) in [6.07, 6.45) is 7.67. The van der Waals surface area contributed by atoms with Gasteiger partial charge in [0, 0.05) is 31.5 Å². The summed E-state index contributed by atoms with van der Waals surface area (Å²) in [7, 11) is 0. The zero-order chi connectivity index (χ0) is 13.8.